The lowest BCUT2D eigenvalue weighted by Gasteiger charge is -2.34. The number of rotatable bonds is 7. The van der Waals surface area contributed by atoms with Crippen LogP contribution in [0.15, 0.2) is 12.2 Å². The van der Waals surface area contributed by atoms with Gasteiger partial charge in [0.25, 0.3) is 0 Å². The first-order valence-electron chi connectivity index (χ1n) is 10.2. The number of ether oxygens (including phenoxy) is 1. The Kier molecular flexibility index (Phi) is 7.07. The number of hydrogen-bond donors (Lipinski definition) is 1. The van der Waals surface area contributed by atoms with E-state index in [1.54, 1.807) is 9.80 Å². The van der Waals surface area contributed by atoms with E-state index in [-0.39, 0.29) is 18.4 Å². The molecule has 2 aliphatic heterocycles. The summed E-state index contributed by atoms with van der Waals surface area (Å²) < 4.78 is 5.32. The summed E-state index contributed by atoms with van der Waals surface area (Å²) in [6, 6.07) is -0.549. The van der Waals surface area contributed by atoms with Crippen molar-refractivity contribution in [1.29, 1.82) is 0 Å². The van der Waals surface area contributed by atoms with Crippen LogP contribution >= 0.6 is 0 Å². The summed E-state index contributed by atoms with van der Waals surface area (Å²) in [5, 5.41) is 10.3. The molecule has 3 rings (SSSR count). The normalized spacial score (nSPS) is 24.5. The van der Waals surface area contributed by atoms with Crippen LogP contribution in [0.2, 0.25) is 0 Å². The first kappa shape index (κ1) is 20.8. The molecule has 156 valence electrons. The number of hydrogen-bond acceptors (Lipinski definition) is 5. The smallest absolute Gasteiger partial charge is 0.245 e. The molecule has 0 aromatic rings. The van der Waals surface area contributed by atoms with Gasteiger partial charge in [0.05, 0.1) is 25.7 Å². The highest BCUT2D eigenvalue weighted by molar-refractivity contribution is 5.90. The number of morpholine rings is 1. The summed E-state index contributed by atoms with van der Waals surface area (Å²) in [5.74, 6) is -0.318. The van der Waals surface area contributed by atoms with Gasteiger partial charge < -0.3 is 14.5 Å². The molecule has 3 fully saturated rings. The van der Waals surface area contributed by atoms with Crippen LogP contribution in [-0.4, -0.2) is 83.7 Å². The molecule has 0 bridgehead atoms. The molecule has 0 aromatic carbocycles. The van der Waals surface area contributed by atoms with Gasteiger partial charge in [-0.05, 0) is 18.8 Å². The van der Waals surface area contributed by atoms with Crippen molar-refractivity contribution in [3.05, 3.63) is 12.2 Å². The van der Waals surface area contributed by atoms with Crippen LogP contribution in [0.1, 0.15) is 38.5 Å². The highest BCUT2D eigenvalue weighted by atomic mass is 16.5. The van der Waals surface area contributed by atoms with Gasteiger partial charge in [-0.15, -0.1) is 0 Å². The molecule has 0 radical (unpaired) electrons. The Bertz CT molecular complexity index is 599. The minimum atomic E-state index is -0.549. The van der Waals surface area contributed by atoms with E-state index in [9.17, 15) is 19.6 Å². The summed E-state index contributed by atoms with van der Waals surface area (Å²) >= 11 is 0. The quantitative estimate of drug-likeness (QED) is 0.302. The average Bonchev–Trinajstić information content (AvgIpc) is 3.36. The van der Waals surface area contributed by atoms with Gasteiger partial charge in [-0.25, -0.2) is 5.06 Å². The zero-order chi connectivity index (χ0) is 20.1. The number of carbonyl (C=O) groups excluding carboxylic acids is 3. The molecule has 0 spiro atoms. The predicted octanol–water partition coefficient (Wildman–Crippen LogP) is 1.05. The minimum absolute atomic E-state index is 0.0414. The maximum atomic E-state index is 13.4. The fraction of sp³-hybridized carbons (Fsp3) is 0.750. The summed E-state index contributed by atoms with van der Waals surface area (Å²) in [5.41, 5.74) is 0.857. The molecule has 1 aliphatic carbocycles. The largest absolute Gasteiger partial charge is 0.378 e. The van der Waals surface area contributed by atoms with Crippen molar-refractivity contribution in [2.75, 3.05) is 39.4 Å². The molecule has 28 heavy (non-hydrogen) atoms. The summed E-state index contributed by atoms with van der Waals surface area (Å²) in [4.78, 5) is 40.7. The summed E-state index contributed by atoms with van der Waals surface area (Å²) in [6.45, 7) is 6.40. The Labute approximate surface area is 166 Å². The van der Waals surface area contributed by atoms with E-state index in [1.165, 1.54) is 0 Å². The van der Waals surface area contributed by atoms with E-state index < -0.39 is 12.0 Å². The molecule has 0 unspecified atom stereocenters. The second-order valence-electron chi connectivity index (χ2n) is 8.18. The lowest BCUT2D eigenvalue weighted by Crippen LogP contribution is -2.52. The van der Waals surface area contributed by atoms with Crippen molar-refractivity contribution in [2.45, 2.75) is 44.6 Å². The summed E-state index contributed by atoms with van der Waals surface area (Å²) in [6.07, 6.45) is 5.87. The van der Waals surface area contributed by atoms with Gasteiger partial charge in [0, 0.05) is 19.6 Å². The monoisotopic (exact) mass is 393 g/mol. The highest BCUT2D eigenvalue weighted by Crippen LogP contribution is 2.33. The van der Waals surface area contributed by atoms with Gasteiger partial charge in [0.2, 0.25) is 18.2 Å². The van der Waals surface area contributed by atoms with E-state index in [2.05, 4.69) is 6.58 Å². The lowest BCUT2D eigenvalue weighted by molar-refractivity contribution is -0.159. The van der Waals surface area contributed by atoms with Crippen molar-refractivity contribution in [3.63, 3.8) is 0 Å². The standard InChI is InChI=1S/C20H31N3O5/c1-15-10-18(20(26)21-6-8-28-9-7-21)23(12-15)19(25)17(13-22(27)14-24)11-16-4-2-3-5-16/h14,16-18,27H,1-13H2/t17-,18+/m1/s1. The van der Waals surface area contributed by atoms with Crippen LogP contribution in [0.4, 0.5) is 0 Å². The van der Waals surface area contributed by atoms with E-state index >= 15 is 0 Å². The topological polar surface area (TPSA) is 90.4 Å². The maximum absolute atomic E-state index is 13.4. The fourth-order valence-corrected chi connectivity index (χ4v) is 4.65. The van der Waals surface area contributed by atoms with Gasteiger partial charge >= 0.3 is 0 Å². The molecular formula is C20H31N3O5. The van der Waals surface area contributed by atoms with Crippen molar-refractivity contribution in [1.82, 2.24) is 14.9 Å². The molecule has 2 atom stereocenters. The lowest BCUT2D eigenvalue weighted by atomic mass is 9.91. The highest BCUT2D eigenvalue weighted by Gasteiger charge is 2.41. The second-order valence-corrected chi connectivity index (χ2v) is 8.18. The van der Waals surface area contributed by atoms with Crippen LogP contribution < -0.4 is 0 Å². The van der Waals surface area contributed by atoms with Crippen molar-refractivity contribution < 1.29 is 24.3 Å². The molecular weight excluding hydrogens is 362 g/mol. The number of hydroxylamine groups is 2. The van der Waals surface area contributed by atoms with E-state index in [4.69, 9.17) is 4.74 Å². The average molecular weight is 393 g/mol. The molecule has 3 aliphatic rings. The Morgan fingerprint density at radius 1 is 1.29 bits per heavy atom. The third-order valence-electron chi connectivity index (χ3n) is 6.11. The first-order chi connectivity index (χ1) is 13.5. The molecule has 3 amide bonds. The van der Waals surface area contributed by atoms with Crippen molar-refractivity contribution in [2.24, 2.45) is 11.8 Å². The Balaban J connectivity index is 1.73. The van der Waals surface area contributed by atoms with Gasteiger partial charge in [0.15, 0.2) is 0 Å². The summed E-state index contributed by atoms with van der Waals surface area (Å²) in [7, 11) is 0. The van der Waals surface area contributed by atoms with E-state index in [0.29, 0.717) is 63.1 Å². The van der Waals surface area contributed by atoms with Crippen LogP contribution in [0.3, 0.4) is 0 Å². The van der Waals surface area contributed by atoms with Crippen LogP contribution in [0, 0.1) is 11.8 Å². The van der Waals surface area contributed by atoms with E-state index in [0.717, 1.165) is 31.3 Å². The number of nitrogens with zero attached hydrogens (tertiary/aromatic N) is 3. The SMILES string of the molecule is C=C1C[C@@H](C(=O)N2CCOCC2)N(C(=O)[C@H](CC2CCCC2)CN(O)C=O)C1. The Hall–Kier alpha value is -1.93. The van der Waals surface area contributed by atoms with Gasteiger partial charge in [-0.2, -0.15) is 0 Å². The second kappa shape index (κ2) is 9.52. The predicted molar refractivity (Wildman–Crippen MR) is 101 cm³/mol. The molecule has 8 heteroatoms. The van der Waals surface area contributed by atoms with Gasteiger partial charge in [0.1, 0.15) is 6.04 Å². The Morgan fingerprint density at radius 3 is 2.61 bits per heavy atom. The van der Waals surface area contributed by atoms with Crippen molar-refractivity contribution in [3.8, 4) is 0 Å². The molecule has 2 heterocycles. The Morgan fingerprint density at radius 2 is 1.96 bits per heavy atom. The zero-order valence-corrected chi connectivity index (χ0v) is 16.4. The number of amides is 3. The van der Waals surface area contributed by atoms with Gasteiger partial charge in [-0.1, -0.05) is 37.8 Å². The third-order valence-corrected chi connectivity index (χ3v) is 6.11. The fourth-order valence-electron chi connectivity index (χ4n) is 4.65. The third kappa shape index (κ3) is 4.91. The van der Waals surface area contributed by atoms with Crippen LogP contribution in [0.5, 0.6) is 0 Å². The number of likely N-dealkylation sites (tertiary alicyclic amines) is 1. The molecule has 0 aromatic heterocycles. The molecule has 1 saturated carbocycles. The van der Waals surface area contributed by atoms with Crippen molar-refractivity contribution >= 4 is 18.2 Å². The van der Waals surface area contributed by atoms with Gasteiger partial charge in [-0.3, -0.25) is 19.6 Å². The molecule has 1 N–H and O–H groups in total. The maximum Gasteiger partial charge on any atom is 0.245 e. The van der Waals surface area contributed by atoms with Crippen LogP contribution in [-0.2, 0) is 19.1 Å². The number of carbonyl (C=O) groups is 3. The minimum Gasteiger partial charge on any atom is -0.378 e. The molecule has 2 saturated heterocycles. The molecule has 8 nitrogen and oxygen atoms in total. The zero-order valence-electron chi connectivity index (χ0n) is 16.4. The van der Waals surface area contributed by atoms with E-state index in [1.807, 2.05) is 0 Å². The first-order valence-corrected chi connectivity index (χ1v) is 10.2. The van der Waals surface area contributed by atoms with Crippen LogP contribution in [0.25, 0.3) is 0 Å².